The molecule has 6 rings (SSSR count). The lowest BCUT2D eigenvalue weighted by atomic mass is 9.75. The van der Waals surface area contributed by atoms with E-state index in [1.807, 2.05) is 48.5 Å². The monoisotopic (exact) mass is 790 g/mol. The van der Waals surface area contributed by atoms with Crippen molar-refractivity contribution in [2.24, 2.45) is 5.92 Å². The maximum absolute atomic E-state index is 10.6. The van der Waals surface area contributed by atoms with Gasteiger partial charge in [-0.1, -0.05) is 48.5 Å². The summed E-state index contributed by atoms with van der Waals surface area (Å²) in [5.41, 5.74) is 6.33. The average Bonchev–Trinajstić information content (AvgIpc) is 3.19. The molecule has 302 valence electrons. The SMILES string of the molecule is Oc1cc(CCc2ccc(C[C@H](CCc3cc(O)c(O)c(O)c3)[C@H](Cc3ccc(CCc4cc(O)c(O)c(O)c4)cc3)c3cc(O)c(O)c(O)c3)cc2)cc(O)c1O. The third kappa shape index (κ3) is 9.65. The van der Waals surface area contributed by atoms with Crippen LogP contribution < -0.4 is 0 Å². The molecule has 6 aromatic carbocycles. The fraction of sp³-hybridized carbons (Fsp3) is 0.217. The Morgan fingerprint density at radius 2 is 0.569 bits per heavy atom. The third-order valence-electron chi connectivity index (χ3n) is 10.7. The van der Waals surface area contributed by atoms with Gasteiger partial charge in [0.25, 0.3) is 0 Å². The van der Waals surface area contributed by atoms with E-state index in [0.29, 0.717) is 73.6 Å². The number of phenolic OH excluding ortho intramolecular Hbond substituents is 12. The van der Waals surface area contributed by atoms with Crippen molar-refractivity contribution in [2.75, 3.05) is 0 Å². The van der Waals surface area contributed by atoms with Gasteiger partial charge in [0.15, 0.2) is 69.0 Å². The Labute approximate surface area is 334 Å². The van der Waals surface area contributed by atoms with E-state index in [-0.39, 0.29) is 11.8 Å². The van der Waals surface area contributed by atoms with Crippen LogP contribution in [0.4, 0.5) is 0 Å². The Morgan fingerprint density at radius 1 is 0.293 bits per heavy atom. The van der Waals surface area contributed by atoms with E-state index in [1.54, 1.807) is 0 Å². The zero-order valence-electron chi connectivity index (χ0n) is 31.4. The molecule has 0 saturated carbocycles. The highest BCUT2D eigenvalue weighted by Crippen LogP contribution is 2.43. The summed E-state index contributed by atoms with van der Waals surface area (Å²) in [5, 5.41) is 121. The molecule has 0 aliphatic carbocycles. The Hall–Kier alpha value is -7.08. The van der Waals surface area contributed by atoms with Crippen LogP contribution in [0, 0.1) is 5.92 Å². The Bertz CT molecular complexity index is 2300. The molecule has 12 heteroatoms. The van der Waals surface area contributed by atoms with Crippen LogP contribution >= 0.6 is 0 Å². The standard InChI is InChI=1S/C46H46O12/c47-35-17-29(18-36(48)43(35)55)11-5-25-1-7-27(8-2-25)15-32(14-13-31-21-39(51)45(57)40(52)22-31)34(33-23-41(53)46(58)42(54)24-33)16-28-9-3-26(4-10-28)6-12-30-19-37(49)44(56)38(50)20-30/h1-4,7-10,17-24,32,34,47-58H,5-6,11-16H2/t32-,34-/m0/s1. The first-order valence-corrected chi connectivity index (χ1v) is 18.8. The minimum Gasteiger partial charge on any atom is -0.504 e. The zero-order valence-corrected chi connectivity index (χ0v) is 31.4. The zero-order chi connectivity index (χ0) is 41.7. The Morgan fingerprint density at radius 3 is 0.931 bits per heavy atom. The van der Waals surface area contributed by atoms with Crippen LogP contribution in [-0.4, -0.2) is 61.3 Å². The van der Waals surface area contributed by atoms with E-state index in [0.717, 1.165) is 22.3 Å². The van der Waals surface area contributed by atoms with Gasteiger partial charge in [-0.15, -0.1) is 0 Å². The van der Waals surface area contributed by atoms with Crippen LogP contribution in [0.25, 0.3) is 0 Å². The molecule has 0 aliphatic heterocycles. The third-order valence-corrected chi connectivity index (χ3v) is 10.7. The minimum absolute atomic E-state index is 0.190. The van der Waals surface area contributed by atoms with Crippen molar-refractivity contribution in [3.8, 4) is 69.0 Å². The molecule has 2 atom stereocenters. The summed E-state index contributed by atoms with van der Waals surface area (Å²) < 4.78 is 0. The molecule has 12 nitrogen and oxygen atoms in total. The summed E-state index contributed by atoms with van der Waals surface area (Å²) in [6, 6.07) is 27.1. The normalized spacial score (nSPS) is 12.3. The van der Waals surface area contributed by atoms with E-state index in [9.17, 15) is 61.3 Å². The lowest BCUT2D eigenvalue weighted by molar-refractivity contribution is 0.357. The predicted octanol–water partition coefficient (Wildman–Crippen LogP) is 7.54. The van der Waals surface area contributed by atoms with Gasteiger partial charge in [0.05, 0.1) is 0 Å². The first kappa shape index (κ1) is 40.6. The maximum Gasteiger partial charge on any atom is 0.200 e. The van der Waals surface area contributed by atoms with Gasteiger partial charge in [-0.25, -0.2) is 0 Å². The number of aryl methyl sites for hydroxylation is 5. The van der Waals surface area contributed by atoms with Crippen molar-refractivity contribution < 1.29 is 61.3 Å². The maximum atomic E-state index is 10.6. The topological polar surface area (TPSA) is 243 Å². The molecule has 0 aromatic heterocycles. The number of hydrogen-bond donors (Lipinski definition) is 12. The summed E-state index contributed by atoms with van der Waals surface area (Å²) in [7, 11) is 0. The molecular formula is C46H46O12. The van der Waals surface area contributed by atoms with Gasteiger partial charge < -0.3 is 61.3 Å². The second kappa shape index (κ2) is 17.4. The number of phenols is 12. The molecule has 0 radical (unpaired) electrons. The van der Waals surface area contributed by atoms with Gasteiger partial charge in [-0.3, -0.25) is 0 Å². The van der Waals surface area contributed by atoms with E-state index in [4.69, 9.17) is 0 Å². The lowest BCUT2D eigenvalue weighted by Crippen LogP contribution is -2.19. The summed E-state index contributed by atoms with van der Waals surface area (Å²) in [4.78, 5) is 0. The molecule has 6 aromatic rings. The predicted molar refractivity (Wildman–Crippen MR) is 215 cm³/mol. The van der Waals surface area contributed by atoms with E-state index < -0.39 is 69.0 Å². The quantitative estimate of drug-likeness (QED) is 0.0452. The molecule has 12 N–H and O–H groups in total. The lowest BCUT2D eigenvalue weighted by Gasteiger charge is -2.29. The molecule has 58 heavy (non-hydrogen) atoms. The smallest absolute Gasteiger partial charge is 0.200 e. The average molecular weight is 791 g/mol. The van der Waals surface area contributed by atoms with Gasteiger partial charge in [0.2, 0.25) is 0 Å². The van der Waals surface area contributed by atoms with Crippen molar-refractivity contribution in [1.82, 2.24) is 0 Å². The number of aromatic hydroxyl groups is 12. The molecule has 0 unspecified atom stereocenters. The highest BCUT2D eigenvalue weighted by Gasteiger charge is 2.27. The van der Waals surface area contributed by atoms with Crippen LogP contribution in [0.3, 0.4) is 0 Å². The van der Waals surface area contributed by atoms with E-state index in [2.05, 4.69) is 0 Å². The highest BCUT2D eigenvalue weighted by atomic mass is 16.3. The minimum atomic E-state index is -0.637. The molecule has 0 bridgehead atoms. The van der Waals surface area contributed by atoms with Gasteiger partial charge >= 0.3 is 0 Å². The molecular weight excluding hydrogens is 744 g/mol. The highest BCUT2D eigenvalue weighted by molar-refractivity contribution is 5.54. The fourth-order valence-electron chi connectivity index (χ4n) is 7.43. The molecule has 0 spiro atoms. The molecule has 0 saturated heterocycles. The fourth-order valence-corrected chi connectivity index (χ4v) is 7.43. The summed E-state index contributed by atoms with van der Waals surface area (Å²) in [6.45, 7) is 0. The van der Waals surface area contributed by atoms with Gasteiger partial charge in [0, 0.05) is 0 Å². The molecule has 0 aliphatic rings. The summed E-state index contributed by atoms with van der Waals surface area (Å²) >= 11 is 0. The van der Waals surface area contributed by atoms with Crippen LogP contribution in [0.5, 0.6) is 69.0 Å². The Kier molecular flexibility index (Phi) is 12.2. The van der Waals surface area contributed by atoms with E-state index >= 15 is 0 Å². The molecule has 0 fully saturated rings. The first-order valence-electron chi connectivity index (χ1n) is 18.8. The molecule has 0 heterocycles. The van der Waals surface area contributed by atoms with Crippen LogP contribution in [0.1, 0.15) is 56.8 Å². The van der Waals surface area contributed by atoms with Crippen molar-refractivity contribution in [2.45, 2.75) is 57.3 Å². The number of hydrogen-bond acceptors (Lipinski definition) is 12. The number of benzene rings is 6. The first-order chi connectivity index (χ1) is 27.6. The van der Waals surface area contributed by atoms with Crippen molar-refractivity contribution >= 4 is 0 Å². The summed E-state index contributed by atoms with van der Waals surface area (Å²) in [6.07, 6.45) is 4.00. The second-order valence-corrected chi connectivity index (χ2v) is 14.8. The van der Waals surface area contributed by atoms with Gasteiger partial charge in [-0.05, 0) is 156 Å². The van der Waals surface area contributed by atoms with Crippen LogP contribution in [0.15, 0.2) is 97.1 Å². The van der Waals surface area contributed by atoms with Gasteiger partial charge in [-0.2, -0.15) is 0 Å². The summed E-state index contributed by atoms with van der Waals surface area (Å²) in [5.74, 6) is -6.39. The van der Waals surface area contributed by atoms with Gasteiger partial charge in [0.1, 0.15) is 0 Å². The van der Waals surface area contributed by atoms with E-state index in [1.165, 1.54) is 48.5 Å². The van der Waals surface area contributed by atoms with Crippen LogP contribution in [-0.2, 0) is 44.9 Å². The molecule has 0 amide bonds. The largest absolute Gasteiger partial charge is 0.504 e. The Balaban J connectivity index is 1.27. The second-order valence-electron chi connectivity index (χ2n) is 14.8. The van der Waals surface area contributed by atoms with Crippen LogP contribution in [0.2, 0.25) is 0 Å². The van der Waals surface area contributed by atoms with Crippen molar-refractivity contribution in [3.63, 3.8) is 0 Å². The van der Waals surface area contributed by atoms with Crippen molar-refractivity contribution in [1.29, 1.82) is 0 Å². The van der Waals surface area contributed by atoms with Crippen molar-refractivity contribution in [3.05, 3.63) is 142 Å². The number of rotatable bonds is 15.